The van der Waals surface area contributed by atoms with Gasteiger partial charge in [-0.3, -0.25) is 4.57 Å². The van der Waals surface area contributed by atoms with Gasteiger partial charge in [-0.2, -0.15) is 0 Å². The van der Waals surface area contributed by atoms with Gasteiger partial charge < -0.3 is 21.3 Å². The molecule has 0 aliphatic rings. The van der Waals surface area contributed by atoms with Crippen molar-refractivity contribution in [2.75, 3.05) is 0 Å². The highest BCUT2D eigenvalue weighted by molar-refractivity contribution is 7.60. The summed E-state index contributed by atoms with van der Waals surface area (Å²) < 4.78 is 10.7. The van der Waals surface area contributed by atoms with E-state index in [0.29, 0.717) is 5.82 Å². The summed E-state index contributed by atoms with van der Waals surface area (Å²) in [6.07, 6.45) is 1.84. The van der Waals surface area contributed by atoms with Crippen molar-refractivity contribution >= 4 is 12.9 Å². The Hall–Kier alpha value is -0.850. The van der Waals surface area contributed by atoms with Crippen molar-refractivity contribution in [3.05, 3.63) is 18.2 Å². The van der Waals surface area contributed by atoms with Crippen molar-refractivity contribution in [2.24, 2.45) is 11.5 Å². The van der Waals surface area contributed by atoms with E-state index in [4.69, 9.17) is 21.3 Å². The minimum absolute atomic E-state index is 0.216. The molecule has 0 atom stereocenters. The Morgan fingerprint density at radius 2 is 1.86 bits per heavy atom. The molecule has 0 spiro atoms. The van der Waals surface area contributed by atoms with Gasteiger partial charge in [-0.05, 0) is 0 Å². The molecule has 6 N–H and O–H groups in total. The zero-order chi connectivity index (χ0) is 10.8. The van der Waals surface area contributed by atoms with Crippen molar-refractivity contribution in [2.45, 2.75) is 12.6 Å². The van der Waals surface area contributed by atoms with Gasteiger partial charge in [0.2, 0.25) is 0 Å². The zero-order valence-corrected chi connectivity index (χ0v) is 8.13. The molecule has 0 saturated heterocycles. The van der Waals surface area contributed by atoms with E-state index in [-0.39, 0.29) is 11.7 Å². The predicted octanol–water partition coefficient (Wildman–Crippen LogP) is -1.93. The van der Waals surface area contributed by atoms with E-state index in [1.165, 1.54) is 0 Å². The minimum atomic E-state index is -4.26. The van der Waals surface area contributed by atoms with Gasteiger partial charge >= 0.3 is 7.60 Å². The van der Waals surface area contributed by atoms with Gasteiger partial charge in [-0.15, -0.1) is 0 Å². The topological polar surface area (TPSA) is 135 Å². The van der Waals surface area contributed by atoms with Crippen LogP contribution in [0.25, 0.3) is 0 Å². The Kier molecular flexibility index (Phi) is 3.30. The van der Waals surface area contributed by atoms with Gasteiger partial charge in [0, 0.05) is 18.8 Å². The predicted molar refractivity (Wildman–Crippen MR) is 49.6 cm³/mol. The molecular weight excluding hydrogens is 207 g/mol. The molecule has 8 heteroatoms. The summed E-state index contributed by atoms with van der Waals surface area (Å²) in [6, 6.07) is 0. The lowest BCUT2D eigenvalue weighted by molar-refractivity contribution is 0.387. The lowest BCUT2D eigenvalue weighted by Gasteiger charge is -2.05. The fraction of sp³-hybridized carbons (Fsp3) is 0.333. The zero-order valence-electron chi connectivity index (χ0n) is 7.24. The lowest BCUT2D eigenvalue weighted by Crippen LogP contribution is -2.33. The van der Waals surface area contributed by atoms with E-state index in [1.54, 1.807) is 0 Å². The minimum Gasteiger partial charge on any atom is -0.321 e. The van der Waals surface area contributed by atoms with Crippen molar-refractivity contribution < 1.29 is 14.4 Å². The van der Waals surface area contributed by atoms with Crippen LogP contribution in [0.4, 0.5) is 0 Å². The molecule has 0 amide bonds. The van der Waals surface area contributed by atoms with E-state index in [1.807, 2.05) is 0 Å². The van der Waals surface area contributed by atoms with Crippen LogP contribution in [-0.2, 0) is 11.0 Å². The van der Waals surface area contributed by atoms with Crippen LogP contribution >= 0.6 is 7.60 Å². The Labute approximate surface area is 80.3 Å². The first-order valence-corrected chi connectivity index (χ1v) is 5.39. The van der Waals surface area contributed by atoms with Crippen molar-refractivity contribution in [1.82, 2.24) is 9.97 Å². The Bertz CT molecular complexity index is 347. The van der Waals surface area contributed by atoms with E-state index in [2.05, 4.69) is 9.97 Å². The second-order valence-corrected chi connectivity index (χ2v) is 4.37. The molecule has 78 valence electrons. The monoisotopic (exact) mass is 218 g/mol. The molecule has 0 aliphatic heterocycles. The van der Waals surface area contributed by atoms with Crippen LogP contribution in [0, 0.1) is 0 Å². The SMILES string of the molecule is NC(N)Cc1ncc(P(=O)(O)O)cn1. The maximum atomic E-state index is 10.7. The molecule has 0 radical (unpaired) electrons. The fourth-order valence-corrected chi connectivity index (χ4v) is 1.23. The number of hydrogen-bond donors (Lipinski definition) is 4. The van der Waals surface area contributed by atoms with E-state index in [0.717, 1.165) is 12.4 Å². The summed E-state index contributed by atoms with van der Waals surface area (Å²) in [6.45, 7) is 0. The summed E-state index contributed by atoms with van der Waals surface area (Å²) in [5.41, 5.74) is 10.6. The van der Waals surface area contributed by atoms with Crippen molar-refractivity contribution in [1.29, 1.82) is 0 Å². The molecule has 0 bridgehead atoms. The van der Waals surface area contributed by atoms with Crippen LogP contribution in [-0.4, -0.2) is 25.9 Å². The maximum Gasteiger partial charge on any atom is 0.359 e. The average Bonchev–Trinajstić information content (AvgIpc) is 2.02. The van der Waals surface area contributed by atoms with Crippen LogP contribution in [0.1, 0.15) is 5.82 Å². The van der Waals surface area contributed by atoms with Crippen molar-refractivity contribution in [3.8, 4) is 0 Å². The third-order valence-electron chi connectivity index (χ3n) is 1.45. The number of nitrogens with two attached hydrogens (primary N) is 2. The quantitative estimate of drug-likeness (QED) is 0.342. The Balaban J connectivity index is 2.84. The Morgan fingerprint density at radius 3 is 2.21 bits per heavy atom. The largest absolute Gasteiger partial charge is 0.359 e. The van der Waals surface area contributed by atoms with Crippen LogP contribution in [0.15, 0.2) is 12.4 Å². The second kappa shape index (κ2) is 4.12. The number of rotatable bonds is 3. The Morgan fingerprint density at radius 1 is 1.36 bits per heavy atom. The highest BCUT2D eigenvalue weighted by Crippen LogP contribution is 2.31. The number of nitrogens with zero attached hydrogens (tertiary/aromatic N) is 2. The van der Waals surface area contributed by atoms with Gasteiger partial charge in [0.25, 0.3) is 0 Å². The molecule has 0 saturated carbocycles. The van der Waals surface area contributed by atoms with Gasteiger partial charge in [0.1, 0.15) is 11.1 Å². The molecule has 1 aromatic rings. The summed E-state index contributed by atoms with van der Waals surface area (Å²) in [7, 11) is -4.26. The smallest absolute Gasteiger partial charge is 0.321 e. The highest BCUT2D eigenvalue weighted by Gasteiger charge is 2.17. The number of aromatic nitrogens is 2. The van der Waals surface area contributed by atoms with Crippen LogP contribution in [0.5, 0.6) is 0 Å². The molecule has 1 aromatic heterocycles. The summed E-state index contributed by atoms with van der Waals surface area (Å²) in [5.74, 6) is 0.359. The highest BCUT2D eigenvalue weighted by atomic mass is 31.2. The molecule has 0 aliphatic carbocycles. The van der Waals surface area contributed by atoms with Gasteiger partial charge in [-0.1, -0.05) is 0 Å². The van der Waals surface area contributed by atoms with Gasteiger partial charge in [0.15, 0.2) is 0 Å². The first kappa shape index (κ1) is 11.2. The van der Waals surface area contributed by atoms with E-state index >= 15 is 0 Å². The molecule has 14 heavy (non-hydrogen) atoms. The molecule has 0 fully saturated rings. The first-order valence-electron chi connectivity index (χ1n) is 3.78. The standard InChI is InChI=1S/C6H11N4O3P/c7-5(8)1-6-9-2-4(3-10-6)14(11,12)13/h2-3,5H,1,7-8H2,(H2,11,12,13). The van der Waals surface area contributed by atoms with Gasteiger partial charge in [-0.25, -0.2) is 9.97 Å². The van der Waals surface area contributed by atoms with Crippen LogP contribution < -0.4 is 16.8 Å². The fourth-order valence-electron chi connectivity index (χ4n) is 0.815. The van der Waals surface area contributed by atoms with Crippen molar-refractivity contribution in [3.63, 3.8) is 0 Å². The van der Waals surface area contributed by atoms with Crippen LogP contribution in [0.2, 0.25) is 0 Å². The normalized spacial score (nSPS) is 12.1. The second-order valence-electron chi connectivity index (χ2n) is 2.77. The van der Waals surface area contributed by atoms with Crippen LogP contribution in [0.3, 0.4) is 0 Å². The molecule has 7 nitrogen and oxygen atoms in total. The third-order valence-corrected chi connectivity index (χ3v) is 2.35. The third kappa shape index (κ3) is 3.13. The molecule has 0 aromatic carbocycles. The molecule has 0 unspecified atom stereocenters. The van der Waals surface area contributed by atoms with E-state index in [9.17, 15) is 4.57 Å². The summed E-state index contributed by atoms with van der Waals surface area (Å²) in [5, 5.41) is -0.216. The van der Waals surface area contributed by atoms with Gasteiger partial charge in [0.05, 0.1) is 6.17 Å². The first-order chi connectivity index (χ1) is 6.39. The average molecular weight is 218 g/mol. The molecule has 1 rings (SSSR count). The summed E-state index contributed by atoms with van der Waals surface area (Å²) in [4.78, 5) is 24.9. The maximum absolute atomic E-state index is 10.7. The number of hydrogen-bond acceptors (Lipinski definition) is 5. The van der Waals surface area contributed by atoms with E-state index < -0.39 is 13.8 Å². The molecule has 1 heterocycles. The molecular formula is C6H11N4O3P. The lowest BCUT2D eigenvalue weighted by atomic mass is 10.3. The summed E-state index contributed by atoms with van der Waals surface area (Å²) >= 11 is 0.